The molecule has 1 rings (SSSR count). The molecule has 0 aromatic carbocycles. The van der Waals surface area contributed by atoms with E-state index in [1.165, 1.54) is 44.1 Å². The van der Waals surface area contributed by atoms with Crippen LogP contribution in [-0.4, -0.2) is 12.7 Å². The average molecular weight is 168 g/mol. The number of rotatable bonds is 5. The molecule has 0 aliphatic carbocycles. The molecule has 0 saturated carbocycles. The second kappa shape index (κ2) is 5.36. The zero-order valence-electron chi connectivity index (χ0n) is 8.14. The van der Waals surface area contributed by atoms with E-state index in [4.69, 9.17) is 4.74 Å². The van der Waals surface area contributed by atoms with E-state index in [1.54, 1.807) is 0 Å². The standard InChI is InChI=1S/C11H20O/c1-3-4-5-7-10(2)11-8-6-9-12-11/h11H,2-9H2,1H3. The van der Waals surface area contributed by atoms with E-state index in [-0.39, 0.29) is 0 Å². The molecule has 1 aliphatic heterocycles. The fraction of sp³-hybridized carbons (Fsp3) is 0.818. The Morgan fingerprint density at radius 2 is 2.33 bits per heavy atom. The Balaban J connectivity index is 2.10. The number of hydrogen-bond donors (Lipinski definition) is 0. The lowest BCUT2D eigenvalue weighted by Crippen LogP contribution is -2.07. The molecule has 70 valence electrons. The predicted octanol–water partition coefficient (Wildman–Crippen LogP) is 3.30. The minimum Gasteiger partial charge on any atom is -0.374 e. The SMILES string of the molecule is C=C(CCCCC)C1CCCO1. The van der Waals surface area contributed by atoms with Gasteiger partial charge in [0.2, 0.25) is 0 Å². The molecule has 1 saturated heterocycles. The summed E-state index contributed by atoms with van der Waals surface area (Å²) in [5.41, 5.74) is 1.32. The summed E-state index contributed by atoms with van der Waals surface area (Å²) in [5, 5.41) is 0. The van der Waals surface area contributed by atoms with Crippen molar-refractivity contribution in [3.8, 4) is 0 Å². The largest absolute Gasteiger partial charge is 0.374 e. The van der Waals surface area contributed by atoms with Gasteiger partial charge in [0.1, 0.15) is 0 Å². The van der Waals surface area contributed by atoms with Crippen molar-refractivity contribution in [2.45, 2.75) is 51.6 Å². The van der Waals surface area contributed by atoms with Crippen LogP contribution in [0.15, 0.2) is 12.2 Å². The molecule has 1 atom stereocenters. The van der Waals surface area contributed by atoms with Gasteiger partial charge in [-0.15, -0.1) is 0 Å². The zero-order chi connectivity index (χ0) is 8.81. The third-order valence-corrected chi connectivity index (χ3v) is 2.49. The van der Waals surface area contributed by atoms with E-state index in [0.29, 0.717) is 6.10 Å². The van der Waals surface area contributed by atoms with E-state index in [2.05, 4.69) is 13.5 Å². The maximum absolute atomic E-state index is 5.55. The third-order valence-electron chi connectivity index (χ3n) is 2.49. The molecule has 1 unspecified atom stereocenters. The van der Waals surface area contributed by atoms with Gasteiger partial charge in [0.15, 0.2) is 0 Å². The van der Waals surface area contributed by atoms with Crippen molar-refractivity contribution in [2.75, 3.05) is 6.61 Å². The Kier molecular flexibility index (Phi) is 4.37. The summed E-state index contributed by atoms with van der Waals surface area (Å²) in [6.07, 6.45) is 7.88. The van der Waals surface area contributed by atoms with Gasteiger partial charge < -0.3 is 4.74 Å². The Morgan fingerprint density at radius 1 is 1.50 bits per heavy atom. The first-order valence-electron chi connectivity index (χ1n) is 5.14. The second-order valence-corrected chi connectivity index (χ2v) is 3.62. The van der Waals surface area contributed by atoms with Gasteiger partial charge in [-0.05, 0) is 31.3 Å². The van der Waals surface area contributed by atoms with Crippen molar-refractivity contribution < 1.29 is 4.74 Å². The molecular formula is C11H20O. The molecule has 1 heteroatoms. The molecule has 0 N–H and O–H groups in total. The van der Waals surface area contributed by atoms with Crippen LogP contribution < -0.4 is 0 Å². The lowest BCUT2D eigenvalue weighted by Gasteiger charge is -2.12. The van der Waals surface area contributed by atoms with Crippen LogP contribution >= 0.6 is 0 Å². The summed E-state index contributed by atoms with van der Waals surface area (Å²) < 4.78 is 5.55. The van der Waals surface area contributed by atoms with Crippen LogP contribution in [0.3, 0.4) is 0 Å². The molecule has 0 aromatic heterocycles. The van der Waals surface area contributed by atoms with Crippen molar-refractivity contribution in [3.05, 3.63) is 12.2 Å². The molecule has 0 bridgehead atoms. The van der Waals surface area contributed by atoms with Gasteiger partial charge in [0.25, 0.3) is 0 Å². The first-order valence-corrected chi connectivity index (χ1v) is 5.14. The molecule has 1 heterocycles. The van der Waals surface area contributed by atoms with Crippen molar-refractivity contribution in [2.24, 2.45) is 0 Å². The highest BCUT2D eigenvalue weighted by molar-refractivity contribution is 5.03. The Bertz CT molecular complexity index is 134. The van der Waals surface area contributed by atoms with E-state index in [9.17, 15) is 0 Å². The van der Waals surface area contributed by atoms with Crippen molar-refractivity contribution in [1.82, 2.24) is 0 Å². The molecule has 1 nitrogen and oxygen atoms in total. The van der Waals surface area contributed by atoms with Crippen molar-refractivity contribution >= 4 is 0 Å². The molecule has 0 spiro atoms. The average Bonchev–Trinajstić information content (AvgIpc) is 2.56. The number of unbranched alkanes of at least 4 members (excludes halogenated alkanes) is 2. The van der Waals surface area contributed by atoms with Gasteiger partial charge in [0, 0.05) is 6.61 Å². The minimum absolute atomic E-state index is 0.391. The van der Waals surface area contributed by atoms with Crippen LogP contribution in [-0.2, 0) is 4.74 Å². The normalized spacial score (nSPS) is 22.9. The summed E-state index contributed by atoms with van der Waals surface area (Å²) in [7, 11) is 0. The minimum atomic E-state index is 0.391. The van der Waals surface area contributed by atoms with Crippen LogP contribution in [0.25, 0.3) is 0 Å². The van der Waals surface area contributed by atoms with E-state index < -0.39 is 0 Å². The lowest BCUT2D eigenvalue weighted by atomic mass is 10.0. The van der Waals surface area contributed by atoms with Gasteiger partial charge >= 0.3 is 0 Å². The molecule has 0 amide bonds. The van der Waals surface area contributed by atoms with Crippen LogP contribution in [0.1, 0.15) is 45.4 Å². The maximum atomic E-state index is 5.55. The Hall–Kier alpha value is -0.300. The van der Waals surface area contributed by atoms with Crippen LogP contribution in [0.5, 0.6) is 0 Å². The van der Waals surface area contributed by atoms with Crippen LogP contribution in [0, 0.1) is 0 Å². The van der Waals surface area contributed by atoms with Crippen molar-refractivity contribution in [3.63, 3.8) is 0 Å². The molecule has 0 radical (unpaired) electrons. The molecular weight excluding hydrogens is 148 g/mol. The lowest BCUT2D eigenvalue weighted by molar-refractivity contribution is 0.134. The summed E-state index contributed by atoms with van der Waals surface area (Å²) in [6, 6.07) is 0. The smallest absolute Gasteiger partial charge is 0.0783 e. The highest BCUT2D eigenvalue weighted by Crippen LogP contribution is 2.22. The first kappa shape index (κ1) is 9.79. The van der Waals surface area contributed by atoms with Crippen molar-refractivity contribution in [1.29, 1.82) is 0 Å². The monoisotopic (exact) mass is 168 g/mol. The van der Waals surface area contributed by atoms with Crippen LogP contribution in [0.4, 0.5) is 0 Å². The zero-order valence-corrected chi connectivity index (χ0v) is 8.14. The van der Waals surface area contributed by atoms with Gasteiger partial charge in [-0.2, -0.15) is 0 Å². The summed E-state index contributed by atoms with van der Waals surface area (Å²) in [6.45, 7) is 7.26. The topological polar surface area (TPSA) is 9.23 Å². The Morgan fingerprint density at radius 3 is 2.92 bits per heavy atom. The first-order chi connectivity index (χ1) is 5.84. The van der Waals surface area contributed by atoms with E-state index in [1.807, 2.05) is 0 Å². The fourth-order valence-electron chi connectivity index (χ4n) is 1.66. The fourth-order valence-corrected chi connectivity index (χ4v) is 1.66. The molecule has 1 fully saturated rings. The van der Waals surface area contributed by atoms with Gasteiger partial charge in [0.05, 0.1) is 6.10 Å². The third kappa shape index (κ3) is 2.98. The molecule has 1 aliphatic rings. The van der Waals surface area contributed by atoms with E-state index in [0.717, 1.165) is 6.61 Å². The second-order valence-electron chi connectivity index (χ2n) is 3.62. The van der Waals surface area contributed by atoms with Crippen LogP contribution in [0.2, 0.25) is 0 Å². The van der Waals surface area contributed by atoms with Gasteiger partial charge in [-0.25, -0.2) is 0 Å². The van der Waals surface area contributed by atoms with Gasteiger partial charge in [-0.1, -0.05) is 26.3 Å². The highest BCUT2D eigenvalue weighted by Gasteiger charge is 2.17. The highest BCUT2D eigenvalue weighted by atomic mass is 16.5. The summed E-state index contributed by atoms with van der Waals surface area (Å²) >= 11 is 0. The number of ether oxygens (including phenoxy) is 1. The molecule has 12 heavy (non-hydrogen) atoms. The van der Waals surface area contributed by atoms with E-state index >= 15 is 0 Å². The predicted molar refractivity (Wildman–Crippen MR) is 52.3 cm³/mol. The number of hydrogen-bond acceptors (Lipinski definition) is 1. The Labute approximate surface area is 75.8 Å². The maximum Gasteiger partial charge on any atom is 0.0783 e. The summed E-state index contributed by atoms with van der Waals surface area (Å²) in [4.78, 5) is 0. The quantitative estimate of drug-likeness (QED) is 0.452. The van der Waals surface area contributed by atoms with Gasteiger partial charge in [-0.3, -0.25) is 0 Å². The summed E-state index contributed by atoms with van der Waals surface area (Å²) in [5.74, 6) is 0. The molecule has 0 aromatic rings.